The van der Waals surface area contributed by atoms with Crippen LogP contribution < -0.4 is 10.0 Å². The minimum Gasteiger partial charge on any atom is -0.378 e. The van der Waals surface area contributed by atoms with E-state index in [2.05, 4.69) is 10.0 Å². The van der Waals surface area contributed by atoms with Crippen LogP contribution in [0.4, 0.5) is 5.69 Å². The van der Waals surface area contributed by atoms with E-state index in [1.54, 1.807) is 6.07 Å². The zero-order chi connectivity index (χ0) is 17.7. The van der Waals surface area contributed by atoms with E-state index in [1.165, 1.54) is 12.1 Å². The number of carbonyl (C=O) groups is 1. The average molecular weight is 375 g/mol. The molecule has 24 heavy (non-hydrogen) atoms. The molecule has 0 saturated carbocycles. The number of ether oxygens (including phenoxy) is 1. The van der Waals surface area contributed by atoms with Gasteiger partial charge in [0.2, 0.25) is 10.0 Å². The summed E-state index contributed by atoms with van der Waals surface area (Å²) < 4.78 is 30.6. The Bertz CT molecular complexity index is 687. The number of carbonyl (C=O) groups excluding carboxylic acids is 1. The van der Waals surface area contributed by atoms with Crippen LogP contribution in [0.5, 0.6) is 0 Å². The molecular weight excluding hydrogens is 352 g/mol. The third-order valence-electron chi connectivity index (χ3n) is 3.85. The number of hydrogen-bond acceptors (Lipinski definition) is 4. The summed E-state index contributed by atoms with van der Waals surface area (Å²) >= 11 is 5.96. The van der Waals surface area contributed by atoms with Crippen molar-refractivity contribution >= 4 is 33.2 Å². The molecule has 1 aromatic rings. The standard InChI is InChI=1S/C16H23ClN2O4S/c1-11(5-7-13-4-3-9-23-13)18-16(20)12-6-8-14(17)15(10-12)19-24(2,21)22/h6,8,10-11,13,19H,3-5,7,9H2,1-2H3,(H,18,20)/t11-,13-/m1/s1. The van der Waals surface area contributed by atoms with Gasteiger partial charge in [0.05, 0.1) is 23.1 Å². The maximum atomic E-state index is 12.3. The Labute approximate surface area is 148 Å². The van der Waals surface area contributed by atoms with Crippen LogP contribution in [0.15, 0.2) is 18.2 Å². The lowest BCUT2D eigenvalue weighted by Crippen LogP contribution is -2.33. The Hall–Kier alpha value is -1.31. The molecule has 1 saturated heterocycles. The van der Waals surface area contributed by atoms with Crippen molar-refractivity contribution in [3.05, 3.63) is 28.8 Å². The van der Waals surface area contributed by atoms with Gasteiger partial charge in [0.15, 0.2) is 0 Å². The van der Waals surface area contributed by atoms with Gasteiger partial charge in [0.1, 0.15) is 0 Å². The molecule has 0 aliphatic carbocycles. The molecule has 0 spiro atoms. The Morgan fingerprint density at radius 3 is 2.83 bits per heavy atom. The van der Waals surface area contributed by atoms with Gasteiger partial charge in [-0.3, -0.25) is 9.52 Å². The first kappa shape index (κ1) is 19.0. The van der Waals surface area contributed by atoms with E-state index in [9.17, 15) is 13.2 Å². The van der Waals surface area contributed by atoms with Crippen LogP contribution >= 0.6 is 11.6 Å². The van der Waals surface area contributed by atoms with Gasteiger partial charge in [0.25, 0.3) is 5.91 Å². The minimum atomic E-state index is -3.46. The zero-order valence-electron chi connectivity index (χ0n) is 13.8. The van der Waals surface area contributed by atoms with Gasteiger partial charge in [0, 0.05) is 18.2 Å². The third-order valence-corrected chi connectivity index (χ3v) is 4.77. The highest BCUT2D eigenvalue weighted by atomic mass is 35.5. The van der Waals surface area contributed by atoms with Crippen molar-refractivity contribution in [2.45, 2.75) is 44.8 Å². The molecule has 0 bridgehead atoms. The number of anilines is 1. The lowest BCUT2D eigenvalue weighted by atomic mass is 10.1. The molecule has 1 aliphatic heterocycles. The van der Waals surface area contributed by atoms with E-state index >= 15 is 0 Å². The Morgan fingerprint density at radius 1 is 1.46 bits per heavy atom. The summed E-state index contributed by atoms with van der Waals surface area (Å²) in [6.07, 6.45) is 5.26. The number of rotatable bonds is 7. The molecule has 1 fully saturated rings. The fraction of sp³-hybridized carbons (Fsp3) is 0.562. The summed E-state index contributed by atoms with van der Waals surface area (Å²) in [6, 6.07) is 4.51. The molecule has 1 heterocycles. The Morgan fingerprint density at radius 2 is 2.21 bits per heavy atom. The highest BCUT2D eigenvalue weighted by molar-refractivity contribution is 7.92. The lowest BCUT2D eigenvalue weighted by Gasteiger charge is -2.17. The molecule has 1 amide bonds. The van der Waals surface area contributed by atoms with E-state index in [1.807, 2.05) is 6.92 Å². The summed E-state index contributed by atoms with van der Waals surface area (Å²) in [7, 11) is -3.46. The number of amides is 1. The Kier molecular flexibility index (Phi) is 6.48. The van der Waals surface area contributed by atoms with Crippen molar-refractivity contribution in [1.29, 1.82) is 0 Å². The number of sulfonamides is 1. The summed E-state index contributed by atoms with van der Waals surface area (Å²) in [5.41, 5.74) is 0.549. The Balaban J connectivity index is 1.94. The van der Waals surface area contributed by atoms with Gasteiger partial charge in [-0.2, -0.15) is 0 Å². The number of benzene rings is 1. The predicted molar refractivity (Wildman–Crippen MR) is 95.1 cm³/mol. The van der Waals surface area contributed by atoms with Crippen LogP contribution in [0.3, 0.4) is 0 Å². The molecule has 0 radical (unpaired) electrons. The van der Waals surface area contributed by atoms with Gasteiger partial charge in [-0.05, 0) is 50.8 Å². The van der Waals surface area contributed by atoms with Crippen molar-refractivity contribution in [2.75, 3.05) is 17.6 Å². The molecule has 2 atom stereocenters. The van der Waals surface area contributed by atoms with E-state index in [0.717, 1.165) is 38.5 Å². The minimum absolute atomic E-state index is 0.00342. The number of nitrogens with one attached hydrogen (secondary N) is 2. The lowest BCUT2D eigenvalue weighted by molar-refractivity contribution is 0.0899. The zero-order valence-corrected chi connectivity index (χ0v) is 15.4. The fourth-order valence-corrected chi connectivity index (χ4v) is 3.42. The molecule has 0 unspecified atom stereocenters. The van der Waals surface area contributed by atoms with Crippen molar-refractivity contribution in [1.82, 2.24) is 5.32 Å². The maximum Gasteiger partial charge on any atom is 0.251 e. The van der Waals surface area contributed by atoms with E-state index in [4.69, 9.17) is 16.3 Å². The van der Waals surface area contributed by atoms with Crippen molar-refractivity contribution in [3.63, 3.8) is 0 Å². The highest BCUT2D eigenvalue weighted by Gasteiger charge is 2.18. The van der Waals surface area contributed by atoms with Crippen LogP contribution in [-0.2, 0) is 14.8 Å². The second-order valence-electron chi connectivity index (χ2n) is 6.16. The molecule has 8 heteroatoms. The first-order valence-corrected chi connectivity index (χ1v) is 10.2. The third kappa shape index (κ3) is 5.96. The van der Waals surface area contributed by atoms with Crippen LogP contribution in [0.2, 0.25) is 5.02 Å². The second kappa shape index (κ2) is 8.18. The fourth-order valence-electron chi connectivity index (χ4n) is 2.63. The highest BCUT2D eigenvalue weighted by Crippen LogP contribution is 2.24. The molecular formula is C16H23ClN2O4S. The number of hydrogen-bond donors (Lipinski definition) is 2. The SMILES string of the molecule is C[C@H](CC[C@H]1CCCO1)NC(=O)c1ccc(Cl)c(NS(C)(=O)=O)c1. The van der Waals surface area contributed by atoms with Gasteiger partial charge < -0.3 is 10.1 Å². The van der Waals surface area contributed by atoms with Crippen molar-refractivity contribution in [2.24, 2.45) is 0 Å². The normalized spacial score (nSPS) is 19.0. The summed E-state index contributed by atoms with van der Waals surface area (Å²) in [5, 5.41) is 3.15. The monoisotopic (exact) mass is 374 g/mol. The quantitative estimate of drug-likeness (QED) is 0.768. The maximum absolute atomic E-state index is 12.3. The smallest absolute Gasteiger partial charge is 0.251 e. The van der Waals surface area contributed by atoms with Crippen LogP contribution in [0, 0.1) is 0 Å². The summed E-state index contributed by atoms with van der Waals surface area (Å²) in [6.45, 7) is 2.77. The van der Waals surface area contributed by atoms with Crippen molar-refractivity contribution < 1.29 is 17.9 Å². The molecule has 2 N–H and O–H groups in total. The molecule has 1 aromatic carbocycles. The van der Waals surface area contributed by atoms with E-state index in [0.29, 0.717) is 11.7 Å². The molecule has 6 nitrogen and oxygen atoms in total. The summed E-state index contributed by atoms with van der Waals surface area (Å²) in [5.74, 6) is -0.261. The second-order valence-corrected chi connectivity index (χ2v) is 8.31. The molecule has 134 valence electrons. The van der Waals surface area contributed by atoms with Crippen LogP contribution in [0.1, 0.15) is 43.0 Å². The van der Waals surface area contributed by atoms with Crippen LogP contribution in [0.25, 0.3) is 0 Å². The largest absolute Gasteiger partial charge is 0.378 e. The van der Waals surface area contributed by atoms with E-state index in [-0.39, 0.29) is 22.7 Å². The van der Waals surface area contributed by atoms with Gasteiger partial charge in [-0.25, -0.2) is 8.42 Å². The molecule has 0 aromatic heterocycles. The summed E-state index contributed by atoms with van der Waals surface area (Å²) in [4.78, 5) is 12.3. The first-order chi connectivity index (χ1) is 11.2. The topological polar surface area (TPSA) is 84.5 Å². The van der Waals surface area contributed by atoms with E-state index < -0.39 is 10.0 Å². The van der Waals surface area contributed by atoms with Crippen LogP contribution in [-0.4, -0.2) is 39.3 Å². The molecule has 2 rings (SSSR count). The van der Waals surface area contributed by atoms with Crippen molar-refractivity contribution in [3.8, 4) is 0 Å². The first-order valence-electron chi connectivity index (χ1n) is 7.94. The number of halogens is 1. The average Bonchev–Trinajstić information content (AvgIpc) is 2.99. The molecule has 1 aliphatic rings. The van der Waals surface area contributed by atoms with Gasteiger partial charge in [-0.1, -0.05) is 11.6 Å². The predicted octanol–water partition coefficient (Wildman–Crippen LogP) is 2.79. The van der Waals surface area contributed by atoms with Gasteiger partial charge >= 0.3 is 0 Å². The van der Waals surface area contributed by atoms with Gasteiger partial charge in [-0.15, -0.1) is 0 Å².